The van der Waals surface area contributed by atoms with Gasteiger partial charge in [0.05, 0.1) is 28.4 Å². The topological polar surface area (TPSA) is 71.1 Å². The van der Waals surface area contributed by atoms with E-state index in [1.165, 1.54) is 22.3 Å². The van der Waals surface area contributed by atoms with Crippen LogP contribution < -0.4 is 18.9 Å². The van der Waals surface area contributed by atoms with E-state index in [4.69, 9.17) is 18.9 Å². The molecule has 11 rings (SSSR count). The minimum Gasteiger partial charge on any atom is -0.496 e. The van der Waals surface area contributed by atoms with E-state index in [0.717, 1.165) is 126 Å². The van der Waals surface area contributed by atoms with Crippen LogP contribution in [0.3, 0.4) is 0 Å². The van der Waals surface area contributed by atoms with Gasteiger partial charge < -0.3 is 18.9 Å². The second kappa shape index (κ2) is 11.2. The van der Waals surface area contributed by atoms with Crippen LogP contribution in [-0.2, 0) is 25.7 Å². The molecule has 0 aliphatic heterocycles. The van der Waals surface area contributed by atoms with Gasteiger partial charge in [-0.15, -0.1) is 0 Å². The van der Waals surface area contributed by atoms with Gasteiger partial charge in [0.2, 0.25) is 0 Å². The molecule has 54 heavy (non-hydrogen) atoms. The Labute approximate surface area is 311 Å². The van der Waals surface area contributed by atoms with Crippen molar-refractivity contribution in [3.63, 3.8) is 0 Å². The normalized spacial score (nSPS) is 14.7. The molecule has 0 atom stereocenters. The van der Waals surface area contributed by atoms with Gasteiger partial charge in [-0.3, -0.25) is 9.59 Å². The smallest absolute Gasteiger partial charge is 0.194 e. The highest BCUT2D eigenvalue weighted by atomic mass is 16.5. The molecule has 0 saturated heterocycles. The summed E-state index contributed by atoms with van der Waals surface area (Å²) in [5.41, 5.74) is 6.46. The molecule has 0 saturated carbocycles. The molecule has 3 aliphatic rings. The van der Waals surface area contributed by atoms with E-state index in [2.05, 4.69) is 24.3 Å². The first kappa shape index (κ1) is 31.4. The van der Waals surface area contributed by atoms with Crippen LogP contribution in [-0.4, -0.2) is 40.0 Å². The number of rotatable bonds is 4. The van der Waals surface area contributed by atoms with Crippen molar-refractivity contribution in [1.82, 2.24) is 0 Å². The van der Waals surface area contributed by atoms with Gasteiger partial charge in [0.1, 0.15) is 23.0 Å². The maximum atomic E-state index is 14.9. The van der Waals surface area contributed by atoms with Gasteiger partial charge in [0.15, 0.2) is 11.6 Å². The van der Waals surface area contributed by atoms with Gasteiger partial charge >= 0.3 is 0 Å². The number of fused-ring (bicyclic) bond motifs is 8. The Morgan fingerprint density at radius 2 is 0.593 bits per heavy atom. The molecule has 0 unspecified atom stereocenters. The number of hydrogen-bond acceptors (Lipinski definition) is 6. The SMILES string of the molecule is COc1ccc2c3cc4c(cc3c3ccc(OC)c5c3c2c1CCC5)C(=O)c1cc2c(cc1C4=O)c1ccc(OC)c3c1c1c(c(OC)ccc21)CCC3. The summed E-state index contributed by atoms with van der Waals surface area (Å²) >= 11 is 0. The molecule has 0 bridgehead atoms. The van der Waals surface area contributed by atoms with Crippen LogP contribution in [0.15, 0.2) is 72.8 Å². The van der Waals surface area contributed by atoms with Gasteiger partial charge in [-0.25, -0.2) is 0 Å². The summed E-state index contributed by atoms with van der Waals surface area (Å²) in [4.78, 5) is 29.7. The molecule has 0 N–H and O–H groups in total. The molecule has 0 aromatic heterocycles. The summed E-state index contributed by atoms with van der Waals surface area (Å²) in [5.74, 6) is 3.20. The lowest BCUT2D eigenvalue weighted by Crippen LogP contribution is -2.21. The van der Waals surface area contributed by atoms with Crippen LogP contribution in [0.25, 0.3) is 64.6 Å². The van der Waals surface area contributed by atoms with Gasteiger partial charge in [0.25, 0.3) is 0 Å². The van der Waals surface area contributed by atoms with Crippen molar-refractivity contribution >= 4 is 76.2 Å². The number of methoxy groups -OCH3 is 4. The van der Waals surface area contributed by atoms with Crippen molar-refractivity contribution in [2.24, 2.45) is 0 Å². The van der Waals surface area contributed by atoms with Gasteiger partial charge in [0, 0.05) is 44.5 Å². The van der Waals surface area contributed by atoms with Gasteiger partial charge in [-0.1, -0.05) is 24.3 Å². The van der Waals surface area contributed by atoms with E-state index in [0.29, 0.717) is 22.3 Å². The molecule has 0 spiro atoms. The third kappa shape index (κ3) is 3.90. The van der Waals surface area contributed by atoms with E-state index in [9.17, 15) is 9.59 Å². The van der Waals surface area contributed by atoms with Crippen LogP contribution in [0.1, 0.15) is 66.9 Å². The van der Waals surface area contributed by atoms with E-state index in [1.54, 1.807) is 28.4 Å². The fourth-order valence-electron chi connectivity index (χ4n) is 10.3. The zero-order valence-corrected chi connectivity index (χ0v) is 30.6. The summed E-state index contributed by atoms with van der Waals surface area (Å²) in [6, 6.07) is 24.5. The minimum atomic E-state index is -0.133. The summed E-state index contributed by atoms with van der Waals surface area (Å²) in [5, 5.41) is 12.6. The van der Waals surface area contributed by atoms with Crippen molar-refractivity contribution in [1.29, 1.82) is 0 Å². The maximum Gasteiger partial charge on any atom is 0.194 e. The Morgan fingerprint density at radius 3 is 0.815 bits per heavy atom. The zero-order valence-electron chi connectivity index (χ0n) is 30.6. The first-order valence-electron chi connectivity index (χ1n) is 18.7. The summed E-state index contributed by atoms with van der Waals surface area (Å²) < 4.78 is 23.6. The molecule has 8 aromatic rings. The Kier molecular flexibility index (Phi) is 6.50. The second-order valence-electron chi connectivity index (χ2n) is 14.9. The number of ketones is 2. The number of benzene rings is 8. The second-order valence-corrected chi connectivity index (χ2v) is 14.9. The molecular formula is C48H36O6. The van der Waals surface area contributed by atoms with Crippen LogP contribution in [0.2, 0.25) is 0 Å². The lowest BCUT2D eigenvalue weighted by atomic mass is 9.79. The Balaban J connectivity index is 1.23. The quantitative estimate of drug-likeness (QED) is 0.170. The average molecular weight is 709 g/mol. The first-order chi connectivity index (χ1) is 26.4. The number of carbonyl (C=O) groups is 2. The van der Waals surface area contributed by atoms with E-state index >= 15 is 0 Å². The van der Waals surface area contributed by atoms with E-state index < -0.39 is 0 Å². The molecule has 0 amide bonds. The van der Waals surface area contributed by atoms with Crippen molar-refractivity contribution < 1.29 is 28.5 Å². The first-order valence-corrected chi connectivity index (χ1v) is 18.7. The van der Waals surface area contributed by atoms with Crippen LogP contribution in [0.5, 0.6) is 23.0 Å². The highest BCUT2D eigenvalue weighted by Gasteiger charge is 2.33. The Bertz CT molecular complexity index is 2670. The number of ether oxygens (including phenoxy) is 4. The molecule has 0 radical (unpaired) electrons. The number of aryl methyl sites for hydroxylation is 4. The highest BCUT2D eigenvalue weighted by Crippen LogP contribution is 2.49. The molecule has 8 aromatic carbocycles. The highest BCUT2D eigenvalue weighted by molar-refractivity contribution is 6.36. The molecule has 0 fully saturated rings. The van der Waals surface area contributed by atoms with E-state index in [1.807, 2.05) is 48.5 Å². The standard InChI is InChI=1S/C48H36O6/c1-51-39-15-11-23-31-19-35-36(20-32(31)24-12-16-40(52-2)28-8-5-7-27(39)43(23)44(24)28)48(50)38-22-34-26-14-18-42(54-4)30-10-6-9-29-41(53-3)17-13-25(45(29)46(26)30)33(34)21-37(38)47(35)49/h11-22H,5-10H2,1-4H3. The number of hydrogen-bond donors (Lipinski definition) is 0. The van der Waals surface area contributed by atoms with Crippen LogP contribution in [0.4, 0.5) is 0 Å². The third-order valence-corrected chi connectivity index (χ3v) is 12.6. The Morgan fingerprint density at radius 1 is 0.352 bits per heavy atom. The van der Waals surface area contributed by atoms with Crippen LogP contribution >= 0.6 is 0 Å². The Hall–Kier alpha value is -6.14. The molecule has 0 heterocycles. The van der Waals surface area contributed by atoms with E-state index in [-0.39, 0.29) is 11.6 Å². The lowest BCUT2D eigenvalue weighted by Gasteiger charge is -2.23. The molecule has 3 aliphatic carbocycles. The van der Waals surface area contributed by atoms with Crippen molar-refractivity contribution in [2.75, 3.05) is 28.4 Å². The minimum absolute atomic E-state index is 0.133. The fraction of sp³-hybridized carbons (Fsp3) is 0.208. The predicted molar refractivity (Wildman–Crippen MR) is 215 cm³/mol. The number of carbonyl (C=O) groups excluding carboxylic acids is 2. The van der Waals surface area contributed by atoms with Crippen LogP contribution in [0, 0.1) is 0 Å². The van der Waals surface area contributed by atoms with Crippen molar-refractivity contribution in [3.8, 4) is 23.0 Å². The molecule has 6 nitrogen and oxygen atoms in total. The maximum absolute atomic E-state index is 14.9. The third-order valence-electron chi connectivity index (χ3n) is 12.6. The molecular weight excluding hydrogens is 673 g/mol. The van der Waals surface area contributed by atoms with Crippen molar-refractivity contribution in [2.45, 2.75) is 38.5 Å². The summed E-state index contributed by atoms with van der Waals surface area (Å²) in [7, 11) is 6.90. The largest absolute Gasteiger partial charge is 0.496 e. The average Bonchev–Trinajstić information content (AvgIpc) is 3.54. The lowest BCUT2D eigenvalue weighted by molar-refractivity contribution is 0.0979. The summed E-state index contributed by atoms with van der Waals surface area (Å²) in [6.45, 7) is 0. The zero-order chi connectivity index (χ0) is 36.6. The predicted octanol–water partition coefficient (Wildman–Crippen LogP) is 10.4. The fourth-order valence-corrected chi connectivity index (χ4v) is 10.3. The van der Waals surface area contributed by atoms with Crippen molar-refractivity contribution in [3.05, 3.63) is 117 Å². The van der Waals surface area contributed by atoms with Gasteiger partial charge in [-0.2, -0.15) is 0 Å². The molecule has 6 heteroatoms. The molecule has 264 valence electrons. The van der Waals surface area contributed by atoms with Gasteiger partial charge in [-0.05, 0) is 152 Å². The summed E-state index contributed by atoms with van der Waals surface area (Å²) in [6.07, 6.45) is 5.38. The monoisotopic (exact) mass is 708 g/mol.